The smallest absolute Gasteiger partial charge is 0.338 e. The molecule has 1 amide bonds. The van der Waals surface area contributed by atoms with E-state index >= 15 is 0 Å². The minimum atomic E-state index is -0.895. The maximum absolute atomic E-state index is 13.4. The highest BCUT2D eigenvalue weighted by molar-refractivity contribution is 5.98. The van der Waals surface area contributed by atoms with Crippen molar-refractivity contribution in [2.45, 2.75) is 20.4 Å². The third kappa shape index (κ3) is 5.77. The second-order valence-electron chi connectivity index (χ2n) is 8.05. The number of H-pyrrole nitrogens is 1. The largest absolute Gasteiger partial charge is 0.452 e. The molecule has 0 fully saturated rings. The van der Waals surface area contributed by atoms with Crippen LogP contribution in [0.25, 0.3) is 0 Å². The van der Waals surface area contributed by atoms with Gasteiger partial charge in [0.1, 0.15) is 11.6 Å². The predicted octanol–water partition coefficient (Wildman–Crippen LogP) is 2.15. The second kappa shape index (κ2) is 10.6. The molecular formula is C24H25FN4O5. The second-order valence-corrected chi connectivity index (χ2v) is 8.05. The number of anilines is 2. The van der Waals surface area contributed by atoms with Crippen molar-refractivity contribution in [3.05, 3.63) is 92.4 Å². The van der Waals surface area contributed by atoms with Crippen molar-refractivity contribution in [1.82, 2.24) is 9.55 Å². The van der Waals surface area contributed by atoms with Gasteiger partial charge in [0.05, 0.1) is 12.1 Å². The Kier molecular flexibility index (Phi) is 7.62. The molecule has 3 aromatic rings. The Labute approximate surface area is 194 Å². The van der Waals surface area contributed by atoms with Gasteiger partial charge in [-0.05, 0) is 29.7 Å². The van der Waals surface area contributed by atoms with Crippen LogP contribution in [-0.4, -0.2) is 34.6 Å². The van der Waals surface area contributed by atoms with Crippen LogP contribution in [0.2, 0.25) is 0 Å². The number of nitrogens with zero attached hydrogens (tertiary/aromatic N) is 2. The Bertz CT molecular complexity index is 1300. The molecule has 10 heteroatoms. The van der Waals surface area contributed by atoms with Crippen molar-refractivity contribution in [2.24, 2.45) is 5.92 Å². The summed E-state index contributed by atoms with van der Waals surface area (Å²) in [5.41, 5.74) is 5.15. The van der Waals surface area contributed by atoms with Gasteiger partial charge >= 0.3 is 11.7 Å². The van der Waals surface area contributed by atoms with Crippen LogP contribution in [0.3, 0.4) is 0 Å². The van der Waals surface area contributed by atoms with Crippen molar-refractivity contribution in [2.75, 3.05) is 23.8 Å². The first-order valence-electron chi connectivity index (χ1n) is 10.6. The number of aromatic amines is 1. The monoisotopic (exact) mass is 468 g/mol. The molecule has 1 aromatic heterocycles. The summed E-state index contributed by atoms with van der Waals surface area (Å²) in [5.74, 6) is -2.52. The van der Waals surface area contributed by atoms with Crippen LogP contribution >= 0.6 is 0 Å². The molecule has 1 heterocycles. The fourth-order valence-corrected chi connectivity index (χ4v) is 3.35. The lowest BCUT2D eigenvalue weighted by Gasteiger charge is -2.26. The van der Waals surface area contributed by atoms with Crippen LogP contribution in [0.1, 0.15) is 29.8 Å². The van der Waals surface area contributed by atoms with E-state index in [1.807, 2.05) is 19.9 Å². The third-order valence-electron chi connectivity index (χ3n) is 4.90. The number of nitrogen functional groups attached to an aromatic ring is 1. The highest BCUT2D eigenvalue weighted by Crippen LogP contribution is 2.20. The molecule has 0 unspecified atom stereocenters. The number of esters is 1. The van der Waals surface area contributed by atoms with E-state index in [2.05, 4.69) is 4.98 Å². The van der Waals surface area contributed by atoms with Gasteiger partial charge in [0.2, 0.25) is 0 Å². The first-order chi connectivity index (χ1) is 16.2. The van der Waals surface area contributed by atoms with Crippen LogP contribution in [0.5, 0.6) is 0 Å². The van der Waals surface area contributed by atoms with E-state index in [0.29, 0.717) is 0 Å². The number of ether oxygens (including phenoxy) is 1. The zero-order valence-electron chi connectivity index (χ0n) is 18.8. The molecule has 2 aromatic carbocycles. The average molecular weight is 468 g/mol. The topological polar surface area (TPSA) is 127 Å². The summed E-state index contributed by atoms with van der Waals surface area (Å²) in [7, 11) is 0. The van der Waals surface area contributed by atoms with E-state index in [-0.39, 0.29) is 36.1 Å². The molecule has 0 aliphatic heterocycles. The molecule has 0 spiro atoms. The van der Waals surface area contributed by atoms with Crippen LogP contribution < -0.4 is 21.9 Å². The number of halogens is 1. The Morgan fingerprint density at radius 1 is 1.12 bits per heavy atom. The molecular weight excluding hydrogens is 443 g/mol. The zero-order valence-corrected chi connectivity index (χ0v) is 18.8. The molecule has 0 saturated heterocycles. The number of hydrogen-bond acceptors (Lipinski definition) is 6. The summed E-state index contributed by atoms with van der Waals surface area (Å²) < 4.78 is 19.6. The van der Waals surface area contributed by atoms with E-state index in [1.165, 1.54) is 18.2 Å². The van der Waals surface area contributed by atoms with Gasteiger partial charge < -0.3 is 15.4 Å². The Hall–Kier alpha value is -4.21. The van der Waals surface area contributed by atoms with Gasteiger partial charge in [0.25, 0.3) is 11.5 Å². The van der Waals surface area contributed by atoms with Crippen molar-refractivity contribution in [3.63, 3.8) is 0 Å². The molecule has 0 radical (unpaired) electrons. The summed E-state index contributed by atoms with van der Waals surface area (Å²) in [4.78, 5) is 53.7. The number of hydrogen-bond donors (Lipinski definition) is 2. The van der Waals surface area contributed by atoms with Gasteiger partial charge in [0, 0.05) is 6.54 Å². The van der Waals surface area contributed by atoms with Crippen molar-refractivity contribution in [3.8, 4) is 0 Å². The van der Waals surface area contributed by atoms with E-state index in [9.17, 15) is 23.6 Å². The highest BCUT2D eigenvalue weighted by atomic mass is 19.1. The molecule has 0 aliphatic rings. The fraction of sp³-hybridized carbons (Fsp3) is 0.250. The molecule has 3 N–H and O–H groups in total. The van der Waals surface area contributed by atoms with Crippen molar-refractivity contribution < 1.29 is 18.7 Å². The molecule has 34 heavy (non-hydrogen) atoms. The summed E-state index contributed by atoms with van der Waals surface area (Å²) in [6, 6.07) is 13.8. The SMILES string of the molecule is CC(C)CN(C(=O)COC(=O)c1cccc(F)c1)c1c(N)n(Cc2ccccc2)c(=O)[nH]c1=O. The minimum Gasteiger partial charge on any atom is -0.452 e. The van der Waals surface area contributed by atoms with Crippen molar-refractivity contribution >= 4 is 23.4 Å². The number of carbonyl (C=O) groups is 2. The maximum atomic E-state index is 13.4. The quantitative estimate of drug-likeness (QED) is 0.488. The van der Waals surface area contributed by atoms with E-state index in [1.54, 1.807) is 24.3 Å². The predicted molar refractivity (Wildman–Crippen MR) is 125 cm³/mol. The van der Waals surface area contributed by atoms with Crippen LogP contribution in [0.4, 0.5) is 15.9 Å². The lowest BCUT2D eigenvalue weighted by Crippen LogP contribution is -2.44. The molecule has 3 rings (SSSR count). The van der Waals surface area contributed by atoms with Gasteiger partial charge in [-0.3, -0.25) is 19.1 Å². The number of nitrogens with two attached hydrogens (primary N) is 1. The Balaban J connectivity index is 1.91. The van der Waals surface area contributed by atoms with Crippen LogP contribution in [0, 0.1) is 11.7 Å². The third-order valence-corrected chi connectivity index (χ3v) is 4.90. The fourth-order valence-electron chi connectivity index (χ4n) is 3.35. The Morgan fingerprint density at radius 2 is 1.82 bits per heavy atom. The van der Waals surface area contributed by atoms with E-state index in [0.717, 1.165) is 21.1 Å². The normalized spacial score (nSPS) is 10.8. The first kappa shape index (κ1) is 24.4. The average Bonchev–Trinajstić information content (AvgIpc) is 2.79. The number of nitrogens with one attached hydrogen (secondary N) is 1. The maximum Gasteiger partial charge on any atom is 0.338 e. The van der Waals surface area contributed by atoms with Gasteiger partial charge in [0.15, 0.2) is 12.3 Å². The summed E-state index contributed by atoms with van der Waals surface area (Å²) in [6.07, 6.45) is 0. The summed E-state index contributed by atoms with van der Waals surface area (Å²) in [6.45, 7) is 3.09. The minimum absolute atomic E-state index is 0.0584. The molecule has 0 bridgehead atoms. The molecule has 9 nitrogen and oxygen atoms in total. The van der Waals surface area contributed by atoms with Crippen LogP contribution in [0.15, 0.2) is 64.2 Å². The number of rotatable bonds is 8. The lowest BCUT2D eigenvalue weighted by atomic mass is 10.2. The molecule has 0 atom stereocenters. The van der Waals surface area contributed by atoms with Gasteiger partial charge in [-0.15, -0.1) is 0 Å². The standard InChI is InChI=1S/C24H25FN4O5/c1-15(2)12-28(19(30)14-34-23(32)17-9-6-10-18(25)11-17)20-21(26)29(24(33)27-22(20)31)13-16-7-4-3-5-8-16/h3-11,15H,12-14,26H2,1-2H3,(H,27,31,33). The first-order valence-corrected chi connectivity index (χ1v) is 10.6. The summed E-state index contributed by atoms with van der Waals surface area (Å²) >= 11 is 0. The zero-order chi connectivity index (χ0) is 24.8. The van der Waals surface area contributed by atoms with Crippen LogP contribution in [-0.2, 0) is 16.1 Å². The number of aromatic nitrogens is 2. The molecule has 0 saturated carbocycles. The van der Waals surface area contributed by atoms with Crippen molar-refractivity contribution in [1.29, 1.82) is 0 Å². The summed E-state index contributed by atoms with van der Waals surface area (Å²) in [5, 5.41) is 0. The number of carbonyl (C=O) groups excluding carboxylic acids is 2. The van der Waals surface area contributed by atoms with Gasteiger partial charge in [-0.2, -0.15) is 0 Å². The highest BCUT2D eigenvalue weighted by Gasteiger charge is 2.26. The van der Waals surface area contributed by atoms with Gasteiger partial charge in [-0.1, -0.05) is 50.2 Å². The van der Waals surface area contributed by atoms with E-state index < -0.39 is 35.5 Å². The van der Waals surface area contributed by atoms with E-state index in [4.69, 9.17) is 10.5 Å². The Morgan fingerprint density at radius 3 is 2.47 bits per heavy atom. The molecule has 178 valence electrons. The van der Waals surface area contributed by atoms with Gasteiger partial charge in [-0.25, -0.2) is 14.0 Å². The molecule has 0 aliphatic carbocycles. The number of benzene rings is 2. The lowest BCUT2D eigenvalue weighted by molar-refractivity contribution is -0.121. The number of amides is 1.